The molecule has 0 unspecified atom stereocenters. The number of anilines is 3. The summed E-state index contributed by atoms with van der Waals surface area (Å²) >= 11 is 0. The number of fused-ring (bicyclic) bond motifs is 1. The number of aromatic nitrogens is 4. The molecule has 0 spiro atoms. The maximum atomic E-state index is 15.5. The van der Waals surface area contributed by atoms with Gasteiger partial charge >= 0.3 is 0 Å². The molecule has 0 saturated carbocycles. The van der Waals surface area contributed by atoms with Crippen LogP contribution in [0.25, 0.3) is 22.2 Å². The van der Waals surface area contributed by atoms with Gasteiger partial charge in [-0.25, -0.2) is 19.3 Å². The SMILES string of the molecule is C[C@@H]1CN(c2cccc(CNc3ncnc4[nH]cc(-c5ccnc(N)c5)c34)c2F)C[C@H](C)N1. The maximum absolute atomic E-state index is 15.5. The van der Waals surface area contributed by atoms with Gasteiger partial charge in [0.2, 0.25) is 0 Å². The molecule has 0 radical (unpaired) electrons. The highest BCUT2D eigenvalue weighted by atomic mass is 19.1. The van der Waals surface area contributed by atoms with Crippen LogP contribution in [-0.4, -0.2) is 45.1 Å². The number of pyridine rings is 1. The molecule has 1 aliphatic heterocycles. The Morgan fingerprint density at radius 3 is 2.76 bits per heavy atom. The number of benzene rings is 1. The van der Waals surface area contributed by atoms with Gasteiger partial charge in [-0.15, -0.1) is 0 Å². The van der Waals surface area contributed by atoms with E-state index in [0.717, 1.165) is 29.6 Å². The van der Waals surface area contributed by atoms with E-state index in [1.165, 1.54) is 6.33 Å². The van der Waals surface area contributed by atoms with Crippen molar-refractivity contribution in [3.63, 3.8) is 0 Å². The fourth-order valence-corrected chi connectivity index (χ4v) is 4.59. The van der Waals surface area contributed by atoms with Crippen molar-refractivity contribution in [2.24, 2.45) is 0 Å². The lowest BCUT2D eigenvalue weighted by molar-refractivity contribution is 0.403. The zero-order valence-corrected chi connectivity index (χ0v) is 18.6. The molecule has 5 rings (SSSR count). The summed E-state index contributed by atoms with van der Waals surface area (Å²) in [6.45, 7) is 6.08. The first-order valence-corrected chi connectivity index (χ1v) is 11.1. The number of nitrogens with zero attached hydrogens (tertiary/aromatic N) is 4. The number of nitrogens with one attached hydrogen (secondary N) is 3. The van der Waals surface area contributed by atoms with E-state index in [-0.39, 0.29) is 5.82 Å². The Morgan fingerprint density at radius 1 is 1.15 bits per heavy atom. The summed E-state index contributed by atoms with van der Waals surface area (Å²) in [6, 6.07) is 9.86. The lowest BCUT2D eigenvalue weighted by Crippen LogP contribution is -2.54. The summed E-state index contributed by atoms with van der Waals surface area (Å²) in [6.07, 6.45) is 5.02. The summed E-state index contributed by atoms with van der Waals surface area (Å²) in [4.78, 5) is 18.1. The molecule has 1 fully saturated rings. The van der Waals surface area contributed by atoms with E-state index in [0.29, 0.717) is 47.2 Å². The molecule has 4 aromatic rings. The molecule has 33 heavy (non-hydrogen) atoms. The van der Waals surface area contributed by atoms with Gasteiger partial charge < -0.3 is 26.3 Å². The fourth-order valence-electron chi connectivity index (χ4n) is 4.59. The lowest BCUT2D eigenvalue weighted by Gasteiger charge is -2.38. The Balaban J connectivity index is 1.43. The second-order valence-corrected chi connectivity index (χ2v) is 8.60. The Morgan fingerprint density at radius 2 is 1.97 bits per heavy atom. The second-order valence-electron chi connectivity index (χ2n) is 8.60. The minimum Gasteiger partial charge on any atom is -0.384 e. The molecule has 1 saturated heterocycles. The van der Waals surface area contributed by atoms with Gasteiger partial charge in [-0.1, -0.05) is 12.1 Å². The number of nitrogen functional groups attached to an aromatic ring is 1. The molecule has 5 N–H and O–H groups in total. The third-order valence-corrected chi connectivity index (χ3v) is 5.96. The van der Waals surface area contributed by atoms with Crippen molar-refractivity contribution >= 4 is 28.4 Å². The van der Waals surface area contributed by atoms with Crippen LogP contribution in [0.4, 0.5) is 21.7 Å². The first-order valence-electron chi connectivity index (χ1n) is 11.1. The summed E-state index contributed by atoms with van der Waals surface area (Å²) in [5, 5.41) is 7.63. The van der Waals surface area contributed by atoms with Crippen LogP contribution >= 0.6 is 0 Å². The van der Waals surface area contributed by atoms with E-state index < -0.39 is 0 Å². The predicted molar refractivity (Wildman–Crippen MR) is 130 cm³/mol. The first-order chi connectivity index (χ1) is 16.0. The molecule has 1 aliphatic rings. The normalized spacial score (nSPS) is 18.6. The summed E-state index contributed by atoms with van der Waals surface area (Å²) in [5.41, 5.74) is 9.59. The number of rotatable bonds is 5. The van der Waals surface area contributed by atoms with E-state index in [1.807, 2.05) is 24.4 Å². The van der Waals surface area contributed by atoms with Gasteiger partial charge in [-0.2, -0.15) is 0 Å². The quantitative estimate of drug-likeness (QED) is 0.371. The monoisotopic (exact) mass is 446 g/mol. The van der Waals surface area contributed by atoms with Crippen molar-refractivity contribution in [1.82, 2.24) is 25.3 Å². The Kier molecular flexibility index (Phi) is 5.55. The molecule has 1 aromatic carbocycles. The van der Waals surface area contributed by atoms with E-state index >= 15 is 4.39 Å². The van der Waals surface area contributed by atoms with Crippen molar-refractivity contribution in [3.8, 4) is 11.1 Å². The standard InChI is InChI=1S/C24H27FN8/c1-14-11-33(12-15(2)32-14)19-5-3-4-17(22(19)25)9-28-23-21-18(10-29-24(21)31-13-30-23)16-6-7-27-20(26)8-16/h3-8,10,13-15,32H,9,11-12H2,1-2H3,(H2,26,27)(H2,28,29,30,31)/t14-,15+. The number of hydrogen-bond donors (Lipinski definition) is 4. The molecule has 9 heteroatoms. The van der Waals surface area contributed by atoms with Crippen LogP contribution in [0.5, 0.6) is 0 Å². The Bertz CT molecular complexity index is 1280. The highest BCUT2D eigenvalue weighted by molar-refractivity contribution is 6.01. The van der Waals surface area contributed by atoms with Gasteiger partial charge in [0.1, 0.15) is 23.6 Å². The number of aromatic amines is 1. The zero-order chi connectivity index (χ0) is 22.9. The summed E-state index contributed by atoms with van der Waals surface area (Å²) in [5.74, 6) is 0.859. The molecular weight excluding hydrogens is 419 g/mol. The van der Waals surface area contributed by atoms with Crippen LogP contribution < -0.4 is 21.3 Å². The van der Waals surface area contributed by atoms with E-state index in [2.05, 4.69) is 49.3 Å². The van der Waals surface area contributed by atoms with Crippen molar-refractivity contribution in [2.45, 2.75) is 32.5 Å². The largest absolute Gasteiger partial charge is 0.384 e. The van der Waals surface area contributed by atoms with Crippen LogP contribution in [0, 0.1) is 5.82 Å². The van der Waals surface area contributed by atoms with Gasteiger partial charge in [0.25, 0.3) is 0 Å². The highest BCUT2D eigenvalue weighted by Gasteiger charge is 2.24. The number of piperazine rings is 1. The van der Waals surface area contributed by atoms with Gasteiger partial charge in [0, 0.05) is 55.2 Å². The van der Waals surface area contributed by atoms with Crippen molar-refractivity contribution in [1.29, 1.82) is 0 Å². The lowest BCUT2D eigenvalue weighted by atomic mass is 10.1. The van der Waals surface area contributed by atoms with Crippen LogP contribution in [0.15, 0.2) is 49.1 Å². The average molecular weight is 447 g/mol. The van der Waals surface area contributed by atoms with E-state index in [1.54, 1.807) is 18.3 Å². The van der Waals surface area contributed by atoms with Gasteiger partial charge in [-0.3, -0.25) is 0 Å². The minimum absolute atomic E-state index is 0.201. The third kappa shape index (κ3) is 4.19. The minimum atomic E-state index is -0.201. The Hall–Kier alpha value is -3.72. The summed E-state index contributed by atoms with van der Waals surface area (Å²) < 4.78 is 15.5. The molecule has 3 aromatic heterocycles. The molecule has 0 aliphatic carbocycles. The smallest absolute Gasteiger partial charge is 0.151 e. The predicted octanol–water partition coefficient (Wildman–Crippen LogP) is 3.54. The second kappa shape index (κ2) is 8.67. The van der Waals surface area contributed by atoms with Crippen molar-refractivity contribution in [3.05, 3.63) is 60.4 Å². The average Bonchev–Trinajstić information content (AvgIpc) is 3.23. The van der Waals surface area contributed by atoms with Crippen LogP contribution in [-0.2, 0) is 6.54 Å². The summed E-state index contributed by atoms with van der Waals surface area (Å²) in [7, 11) is 0. The van der Waals surface area contributed by atoms with Gasteiger partial charge in [-0.05, 0) is 37.6 Å². The van der Waals surface area contributed by atoms with E-state index in [9.17, 15) is 0 Å². The molecule has 8 nitrogen and oxygen atoms in total. The van der Waals surface area contributed by atoms with E-state index in [4.69, 9.17) is 5.73 Å². The third-order valence-electron chi connectivity index (χ3n) is 5.96. The molecular formula is C24H27FN8. The topological polar surface area (TPSA) is 108 Å². The Labute approximate surface area is 191 Å². The maximum Gasteiger partial charge on any atom is 0.151 e. The molecule has 0 amide bonds. The molecule has 0 bridgehead atoms. The number of halogens is 1. The number of hydrogen-bond acceptors (Lipinski definition) is 7. The molecule has 4 heterocycles. The first kappa shape index (κ1) is 21.1. The van der Waals surface area contributed by atoms with Crippen LogP contribution in [0.3, 0.4) is 0 Å². The van der Waals surface area contributed by atoms with Crippen LogP contribution in [0.1, 0.15) is 19.4 Å². The molecule has 2 atom stereocenters. The van der Waals surface area contributed by atoms with Gasteiger partial charge in [0.15, 0.2) is 5.82 Å². The number of H-pyrrole nitrogens is 1. The van der Waals surface area contributed by atoms with Crippen molar-refractivity contribution < 1.29 is 4.39 Å². The van der Waals surface area contributed by atoms with Crippen LogP contribution in [0.2, 0.25) is 0 Å². The van der Waals surface area contributed by atoms with Gasteiger partial charge in [0.05, 0.1) is 11.1 Å². The molecule has 170 valence electrons. The zero-order valence-electron chi connectivity index (χ0n) is 18.6. The number of nitrogens with two attached hydrogens (primary N) is 1. The van der Waals surface area contributed by atoms with Crippen molar-refractivity contribution in [2.75, 3.05) is 29.0 Å². The highest BCUT2D eigenvalue weighted by Crippen LogP contribution is 2.33. The fraction of sp³-hybridized carbons (Fsp3) is 0.292.